The van der Waals surface area contributed by atoms with E-state index in [9.17, 15) is 14.4 Å². The van der Waals surface area contributed by atoms with Crippen molar-refractivity contribution < 1.29 is 14.4 Å². The van der Waals surface area contributed by atoms with Crippen molar-refractivity contribution in [3.63, 3.8) is 0 Å². The van der Waals surface area contributed by atoms with E-state index in [1.54, 1.807) is 9.80 Å². The van der Waals surface area contributed by atoms with E-state index < -0.39 is 0 Å². The normalized spacial score (nSPS) is 21.1. The molecule has 2 heterocycles. The predicted molar refractivity (Wildman–Crippen MR) is 94.8 cm³/mol. The minimum absolute atomic E-state index is 0.0438. The number of carbonyl (C=O) groups is 3. The highest BCUT2D eigenvalue weighted by Gasteiger charge is 2.30. The van der Waals surface area contributed by atoms with Crippen LogP contribution in [0.2, 0.25) is 0 Å². The van der Waals surface area contributed by atoms with Gasteiger partial charge in [0.15, 0.2) is 0 Å². The Morgan fingerprint density at radius 2 is 1.88 bits per heavy atom. The maximum absolute atomic E-state index is 12.5. The average Bonchev–Trinajstić information content (AvgIpc) is 2.64. The molecule has 2 aliphatic rings. The molecule has 1 atom stereocenters. The van der Waals surface area contributed by atoms with Gasteiger partial charge < -0.3 is 15.1 Å². The summed E-state index contributed by atoms with van der Waals surface area (Å²) >= 11 is 0. The lowest BCUT2D eigenvalue weighted by molar-refractivity contribution is -0.143. The topological polar surface area (TPSA) is 69.7 Å². The van der Waals surface area contributed by atoms with Gasteiger partial charge in [0.2, 0.25) is 17.7 Å². The van der Waals surface area contributed by atoms with Crippen molar-refractivity contribution in [2.24, 2.45) is 5.92 Å². The first-order chi connectivity index (χ1) is 12.1. The summed E-state index contributed by atoms with van der Waals surface area (Å²) in [6, 6.07) is 9.36. The van der Waals surface area contributed by atoms with Gasteiger partial charge in [-0.2, -0.15) is 0 Å². The van der Waals surface area contributed by atoms with E-state index >= 15 is 0 Å². The Hall–Kier alpha value is -2.37. The molecule has 1 N–H and O–H groups in total. The number of piperidine rings is 2. The quantitative estimate of drug-likeness (QED) is 0.907. The lowest BCUT2D eigenvalue weighted by atomic mass is 9.97. The maximum Gasteiger partial charge on any atom is 0.242 e. The molecule has 0 aromatic heterocycles. The van der Waals surface area contributed by atoms with Gasteiger partial charge >= 0.3 is 0 Å². The SMILES string of the molecule is O=C(Nc1ccccc1)C1CCCN(C(=O)CN2CCCCC2=O)C1. The number of carbonyl (C=O) groups excluding carboxylic acids is 3. The van der Waals surface area contributed by atoms with Gasteiger partial charge in [-0.25, -0.2) is 0 Å². The predicted octanol–water partition coefficient (Wildman–Crippen LogP) is 1.88. The van der Waals surface area contributed by atoms with Crippen molar-refractivity contribution in [3.8, 4) is 0 Å². The molecule has 134 valence electrons. The lowest BCUT2D eigenvalue weighted by Crippen LogP contribution is -2.49. The average molecular weight is 343 g/mol. The van der Waals surface area contributed by atoms with E-state index in [1.165, 1.54) is 0 Å². The monoisotopic (exact) mass is 343 g/mol. The number of rotatable bonds is 4. The van der Waals surface area contributed by atoms with E-state index in [4.69, 9.17) is 0 Å². The molecule has 1 aromatic rings. The summed E-state index contributed by atoms with van der Waals surface area (Å²) in [5, 5.41) is 2.92. The summed E-state index contributed by atoms with van der Waals surface area (Å²) in [4.78, 5) is 40.3. The molecule has 0 bridgehead atoms. The van der Waals surface area contributed by atoms with Gasteiger partial charge in [-0.3, -0.25) is 14.4 Å². The number of nitrogens with one attached hydrogen (secondary N) is 1. The summed E-state index contributed by atoms with van der Waals surface area (Å²) in [5.41, 5.74) is 0.773. The Labute approximate surface area is 148 Å². The second-order valence-electron chi connectivity index (χ2n) is 6.81. The number of amides is 3. The third-order valence-electron chi connectivity index (χ3n) is 4.93. The van der Waals surface area contributed by atoms with Crippen LogP contribution in [-0.2, 0) is 14.4 Å². The van der Waals surface area contributed by atoms with Crippen LogP contribution in [0.1, 0.15) is 32.1 Å². The van der Waals surface area contributed by atoms with Crippen LogP contribution in [-0.4, -0.2) is 53.7 Å². The van der Waals surface area contributed by atoms with E-state index in [0.717, 1.165) is 31.4 Å². The van der Waals surface area contributed by atoms with Crippen LogP contribution in [0, 0.1) is 5.92 Å². The molecule has 1 unspecified atom stereocenters. The second kappa shape index (κ2) is 8.14. The van der Waals surface area contributed by atoms with Crippen molar-refractivity contribution in [1.82, 2.24) is 9.80 Å². The maximum atomic E-state index is 12.5. The van der Waals surface area contributed by atoms with Gasteiger partial charge in [0.1, 0.15) is 0 Å². The van der Waals surface area contributed by atoms with E-state index in [0.29, 0.717) is 26.1 Å². The Kier molecular flexibility index (Phi) is 5.68. The van der Waals surface area contributed by atoms with Crippen LogP contribution < -0.4 is 5.32 Å². The largest absolute Gasteiger partial charge is 0.340 e. The van der Waals surface area contributed by atoms with Crippen LogP contribution in [0.3, 0.4) is 0 Å². The van der Waals surface area contributed by atoms with Crippen LogP contribution in [0.4, 0.5) is 5.69 Å². The van der Waals surface area contributed by atoms with Crippen LogP contribution in [0.5, 0.6) is 0 Å². The van der Waals surface area contributed by atoms with Gasteiger partial charge in [-0.05, 0) is 37.8 Å². The lowest BCUT2D eigenvalue weighted by Gasteiger charge is -2.34. The van der Waals surface area contributed by atoms with Crippen molar-refractivity contribution in [2.45, 2.75) is 32.1 Å². The molecule has 2 saturated heterocycles. The molecular weight excluding hydrogens is 318 g/mol. The van der Waals surface area contributed by atoms with E-state index in [1.807, 2.05) is 30.3 Å². The Bertz CT molecular complexity index is 632. The highest BCUT2D eigenvalue weighted by Crippen LogP contribution is 2.20. The summed E-state index contributed by atoms with van der Waals surface area (Å²) in [6.07, 6.45) is 4.00. The van der Waals surface area contributed by atoms with Crippen LogP contribution in [0.15, 0.2) is 30.3 Å². The minimum Gasteiger partial charge on any atom is -0.340 e. The van der Waals surface area contributed by atoms with Gasteiger partial charge in [0, 0.05) is 31.7 Å². The molecule has 25 heavy (non-hydrogen) atoms. The zero-order valence-electron chi connectivity index (χ0n) is 14.4. The third kappa shape index (κ3) is 4.59. The zero-order chi connectivity index (χ0) is 17.6. The van der Waals surface area contributed by atoms with E-state index in [2.05, 4.69) is 5.32 Å². The van der Waals surface area contributed by atoms with Crippen molar-refractivity contribution in [2.75, 3.05) is 31.5 Å². The molecule has 3 rings (SSSR count). The fourth-order valence-electron chi connectivity index (χ4n) is 3.48. The number of anilines is 1. The number of nitrogens with zero attached hydrogens (tertiary/aromatic N) is 2. The van der Waals surface area contributed by atoms with Crippen molar-refractivity contribution in [3.05, 3.63) is 30.3 Å². The molecule has 2 aliphatic heterocycles. The standard InChI is InChI=1S/C19H25N3O3/c23-17-10-4-5-11-22(17)14-18(24)21-12-6-7-15(13-21)19(25)20-16-8-2-1-3-9-16/h1-3,8-9,15H,4-7,10-14H2,(H,20,25). The molecule has 2 fully saturated rings. The fourth-order valence-corrected chi connectivity index (χ4v) is 3.48. The van der Waals surface area contributed by atoms with Gasteiger partial charge in [-0.15, -0.1) is 0 Å². The first kappa shape index (κ1) is 17.5. The number of benzene rings is 1. The first-order valence-electron chi connectivity index (χ1n) is 9.05. The summed E-state index contributed by atoms with van der Waals surface area (Å²) < 4.78 is 0. The molecule has 0 spiro atoms. The number of likely N-dealkylation sites (tertiary alicyclic amines) is 2. The highest BCUT2D eigenvalue weighted by molar-refractivity contribution is 5.93. The molecule has 0 radical (unpaired) electrons. The Morgan fingerprint density at radius 3 is 2.64 bits per heavy atom. The summed E-state index contributed by atoms with van der Waals surface area (Å²) in [7, 11) is 0. The molecule has 1 aromatic carbocycles. The molecule has 0 aliphatic carbocycles. The Morgan fingerprint density at radius 1 is 1.08 bits per heavy atom. The fraction of sp³-hybridized carbons (Fsp3) is 0.526. The van der Waals surface area contributed by atoms with Gasteiger partial charge in [0.05, 0.1) is 12.5 Å². The molecular formula is C19H25N3O3. The van der Waals surface area contributed by atoms with Crippen molar-refractivity contribution in [1.29, 1.82) is 0 Å². The Balaban J connectivity index is 1.54. The minimum atomic E-state index is -0.199. The third-order valence-corrected chi connectivity index (χ3v) is 4.93. The van der Waals surface area contributed by atoms with Gasteiger partial charge in [0.25, 0.3) is 0 Å². The second-order valence-corrected chi connectivity index (χ2v) is 6.81. The molecule has 6 heteroatoms. The number of hydrogen-bond acceptors (Lipinski definition) is 3. The van der Waals surface area contributed by atoms with E-state index in [-0.39, 0.29) is 30.2 Å². The van der Waals surface area contributed by atoms with Crippen molar-refractivity contribution >= 4 is 23.4 Å². The molecule has 0 saturated carbocycles. The first-order valence-corrected chi connectivity index (χ1v) is 9.05. The zero-order valence-corrected chi connectivity index (χ0v) is 14.4. The van der Waals surface area contributed by atoms with Crippen LogP contribution in [0.25, 0.3) is 0 Å². The molecule has 6 nitrogen and oxygen atoms in total. The number of para-hydroxylation sites is 1. The smallest absolute Gasteiger partial charge is 0.242 e. The van der Waals surface area contributed by atoms with Crippen LogP contribution >= 0.6 is 0 Å². The highest BCUT2D eigenvalue weighted by atomic mass is 16.2. The summed E-state index contributed by atoms with van der Waals surface area (Å²) in [5.74, 6) is -0.227. The van der Waals surface area contributed by atoms with Gasteiger partial charge in [-0.1, -0.05) is 18.2 Å². The molecule has 3 amide bonds. The summed E-state index contributed by atoms with van der Waals surface area (Å²) in [6.45, 7) is 1.90. The number of hydrogen-bond donors (Lipinski definition) is 1.